The molecule has 0 unspecified atom stereocenters. The van der Waals surface area contributed by atoms with E-state index in [1.165, 1.54) is 0 Å². The summed E-state index contributed by atoms with van der Waals surface area (Å²) in [7, 11) is 0. The average Bonchev–Trinajstić information content (AvgIpc) is 1.92. The van der Waals surface area contributed by atoms with Crippen molar-refractivity contribution in [1.29, 1.82) is 21.0 Å². The minimum atomic E-state index is 0. The number of hydrogen-bond donors (Lipinski definition) is 0. The van der Waals surface area contributed by atoms with Crippen LogP contribution in [0.15, 0.2) is 0 Å². The molecule has 0 amide bonds. The summed E-state index contributed by atoms with van der Waals surface area (Å²) in [6.07, 6.45) is 2.00. The Morgan fingerprint density at radius 3 is 0.571 bits per heavy atom. The molecule has 0 saturated heterocycles. The molecule has 0 fully saturated rings. The molecular formula is C4FeN4NiO4. The first-order chi connectivity index (χ1) is 5.66. The van der Waals surface area contributed by atoms with Crippen LogP contribution in [-0.2, 0) is 33.6 Å². The van der Waals surface area contributed by atoms with E-state index >= 15 is 0 Å². The van der Waals surface area contributed by atoms with Crippen LogP contribution in [-0.4, -0.2) is 0 Å². The minimum absolute atomic E-state index is 0. The molecule has 0 N–H and O–H groups in total. The monoisotopic (exact) mass is 282 g/mol. The van der Waals surface area contributed by atoms with Crippen molar-refractivity contribution in [3.63, 3.8) is 0 Å². The maximum absolute atomic E-state index is 8.24. The quantitative estimate of drug-likeness (QED) is 0.313. The third-order valence-electron chi connectivity index (χ3n) is 0. The Bertz CT molecular complexity index is 163. The van der Waals surface area contributed by atoms with E-state index in [9.17, 15) is 0 Å². The van der Waals surface area contributed by atoms with Gasteiger partial charge in [0.1, 0.15) is 0 Å². The standard InChI is InChI=1S/4CHNO.Fe.Ni/c4*2-1-3;;/h4*3H;;/q;;;;2*+2/p-4. The molecule has 0 bridgehead atoms. The van der Waals surface area contributed by atoms with E-state index in [2.05, 4.69) is 0 Å². The Labute approximate surface area is 100 Å². The summed E-state index contributed by atoms with van der Waals surface area (Å²) in [6, 6.07) is 0. The molecule has 0 aliphatic heterocycles. The van der Waals surface area contributed by atoms with Crippen molar-refractivity contribution >= 4 is 0 Å². The van der Waals surface area contributed by atoms with Gasteiger partial charge in [0.25, 0.3) is 0 Å². The van der Waals surface area contributed by atoms with Crippen LogP contribution in [0.1, 0.15) is 0 Å². The Kier molecular flexibility index (Phi) is 698. The molecule has 0 rings (SSSR count). The van der Waals surface area contributed by atoms with E-state index in [0.717, 1.165) is 0 Å². The molecule has 0 aromatic carbocycles. The number of nitrogens with zero attached hydrogens (tertiary/aromatic N) is 4. The second kappa shape index (κ2) is 245. The summed E-state index contributed by atoms with van der Waals surface area (Å²) in [5, 5.41) is 60.0. The van der Waals surface area contributed by atoms with E-state index in [1.54, 1.807) is 0 Å². The average molecular weight is 283 g/mol. The second-order valence-electron chi connectivity index (χ2n) is 0.365. The maximum Gasteiger partial charge on any atom is 2.00 e. The van der Waals surface area contributed by atoms with E-state index in [1.807, 2.05) is 0 Å². The summed E-state index contributed by atoms with van der Waals surface area (Å²) in [5.74, 6) is 0. The van der Waals surface area contributed by atoms with Gasteiger partial charge in [-0.1, -0.05) is 0 Å². The minimum Gasteiger partial charge on any atom is -0.812 e. The molecule has 0 aromatic heterocycles. The molecule has 0 aromatic rings. The summed E-state index contributed by atoms with van der Waals surface area (Å²) in [6.45, 7) is 0. The van der Waals surface area contributed by atoms with Crippen LogP contribution in [0.5, 0.6) is 0 Å². The van der Waals surface area contributed by atoms with Gasteiger partial charge in [-0.3, -0.25) is 0 Å². The van der Waals surface area contributed by atoms with Crippen LogP contribution in [0.2, 0.25) is 0 Å². The molecule has 78 valence electrons. The van der Waals surface area contributed by atoms with Gasteiger partial charge in [-0.15, -0.1) is 0 Å². The first-order valence-corrected chi connectivity index (χ1v) is 1.71. The van der Waals surface area contributed by atoms with Crippen LogP contribution in [0.3, 0.4) is 0 Å². The van der Waals surface area contributed by atoms with Crippen LogP contribution in [0.4, 0.5) is 0 Å². The zero-order valence-electron chi connectivity index (χ0n) is 6.09. The predicted octanol–water partition coefficient (Wildman–Crippen LogP) is -4.69. The predicted molar refractivity (Wildman–Crippen MR) is 22.5 cm³/mol. The smallest absolute Gasteiger partial charge is 0.812 e. The van der Waals surface area contributed by atoms with Gasteiger partial charge in [-0.2, -0.15) is 0 Å². The number of rotatable bonds is 0. The summed E-state index contributed by atoms with van der Waals surface area (Å²) in [4.78, 5) is 0. The van der Waals surface area contributed by atoms with Gasteiger partial charge in [0, 0.05) is 25.0 Å². The van der Waals surface area contributed by atoms with Crippen molar-refractivity contribution in [2.75, 3.05) is 0 Å². The SMILES string of the molecule is N#C[O-].N#C[O-].N#C[O-].N#C[O-].[Fe+2].[Ni+2]. The molecule has 0 spiro atoms. The van der Waals surface area contributed by atoms with Gasteiger partial charge >= 0.3 is 33.6 Å². The zero-order chi connectivity index (χ0) is 10.8. The van der Waals surface area contributed by atoms with E-state index in [-0.39, 0.29) is 33.6 Å². The van der Waals surface area contributed by atoms with Gasteiger partial charge in [0.2, 0.25) is 0 Å². The van der Waals surface area contributed by atoms with Gasteiger partial charge in [0.15, 0.2) is 0 Å². The first kappa shape index (κ1) is 39.9. The van der Waals surface area contributed by atoms with Gasteiger partial charge in [-0.05, 0) is 0 Å². The molecule has 0 atom stereocenters. The number of hydrogen-bond acceptors (Lipinski definition) is 8. The summed E-state index contributed by atoms with van der Waals surface area (Å²) >= 11 is 0. The van der Waals surface area contributed by atoms with E-state index in [0.29, 0.717) is 25.0 Å². The van der Waals surface area contributed by atoms with Gasteiger partial charge in [0.05, 0.1) is 0 Å². The molecule has 8 nitrogen and oxygen atoms in total. The largest absolute Gasteiger partial charge is 2.00 e. The normalized spacial score (nSPS) is 2.00. The third kappa shape index (κ3) is 256. The van der Waals surface area contributed by atoms with Crippen molar-refractivity contribution in [1.82, 2.24) is 0 Å². The molecule has 0 heterocycles. The Morgan fingerprint density at radius 2 is 0.571 bits per heavy atom. The first-order valence-electron chi connectivity index (χ1n) is 1.71. The molecular weight excluding hydrogens is 283 g/mol. The molecule has 0 saturated carbocycles. The fraction of sp³-hybridized carbons (Fsp3) is 0. The molecule has 0 radical (unpaired) electrons. The van der Waals surface area contributed by atoms with Crippen molar-refractivity contribution in [2.45, 2.75) is 0 Å². The van der Waals surface area contributed by atoms with Gasteiger partial charge < -0.3 is 20.4 Å². The Balaban J connectivity index is -0.0000000145. The zero-order valence-corrected chi connectivity index (χ0v) is 8.18. The van der Waals surface area contributed by atoms with Crippen molar-refractivity contribution in [2.24, 2.45) is 0 Å². The topological polar surface area (TPSA) is 187 Å². The molecule has 14 heavy (non-hydrogen) atoms. The second-order valence-corrected chi connectivity index (χ2v) is 0.365. The van der Waals surface area contributed by atoms with Crippen LogP contribution >= 0.6 is 0 Å². The van der Waals surface area contributed by atoms with Crippen LogP contribution in [0, 0.1) is 46.1 Å². The maximum atomic E-state index is 8.24. The van der Waals surface area contributed by atoms with E-state index < -0.39 is 0 Å². The Morgan fingerprint density at radius 1 is 0.571 bits per heavy atom. The van der Waals surface area contributed by atoms with Gasteiger partial charge in [-0.25, -0.2) is 21.0 Å². The molecule has 0 aliphatic rings. The summed E-state index contributed by atoms with van der Waals surface area (Å²) in [5.41, 5.74) is 0. The Hall–Kier alpha value is -1.83. The fourth-order valence-electron chi connectivity index (χ4n) is 0. The van der Waals surface area contributed by atoms with Crippen molar-refractivity contribution in [3.8, 4) is 25.0 Å². The molecule has 0 aliphatic carbocycles. The van der Waals surface area contributed by atoms with Crippen LogP contribution < -0.4 is 20.4 Å². The van der Waals surface area contributed by atoms with E-state index in [4.69, 9.17) is 41.5 Å². The number of nitriles is 4. The molecule has 10 heteroatoms. The summed E-state index contributed by atoms with van der Waals surface area (Å²) < 4.78 is 0. The fourth-order valence-corrected chi connectivity index (χ4v) is 0. The van der Waals surface area contributed by atoms with Crippen molar-refractivity contribution < 1.29 is 54.0 Å². The van der Waals surface area contributed by atoms with Crippen molar-refractivity contribution in [3.05, 3.63) is 0 Å². The third-order valence-corrected chi connectivity index (χ3v) is 0. The van der Waals surface area contributed by atoms with Crippen LogP contribution in [0.25, 0.3) is 0 Å².